The van der Waals surface area contributed by atoms with Crippen LogP contribution in [0.3, 0.4) is 0 Å². The molecule has 36 heavy (non-hydrogen) atoms. The van der Waals surface area contributed by atoms with E-state index in [1.54, 1.807) is 0 Å². The van der Waals surface area contributed by atoms with Gasteiger partial charge in [-0.25, -0.2) is 0 Å². The van der Waals surface area contributed by atoms with Crippen molar-refractivity contribution in [1.82, 2.24) is 0 Å². The number of para-hydroxylation sites is 1. The summed E-state index contributed by atoms with van der Waals surface area (Å²) >= 11 is 7.08. The number of halogens is 1. The van der Waals surface area contributed by atoms with Gasteiger partial charge in [-0.1, -0.05) is 51.1 Å². The van der Waals surface area contributed by atoms with Crippen LogP contribution in [0.4, 0.5) is 0 Å². The van der Waals surface area contributed by atoms with Crippen LogP contribution in [0.15, 0.2) is 60.2 Å². The molecular weight excluding hydrogens is 484 g/mol. The van der Waals surface area contributed by atoms with Crippen molar-refractivity contribution in [1.29, 1.82) is 0 Å². The van der Waals surface area contributed by atoms with Gasteiger partial charge in [0, 0.05) is 10.4 Å². The molecule has 0 aromatic heterocycles. The zero-order valence-electron chi connectivity index (χ0n) is 22.5. The third kappa shape index (κ3) is 5.36. The topological polar surface area (TPSA) is 27.7 Å². The normalized spacial score (nSPS) is 27.2. The molecule has 4 aliphatic carbocycles. The van der Waals surface area contributed by atoms with Gasteiger partial charge in [-0.15, -0.1) is 11.6 Å². The molecule has 4 aliphatic rings. The zero-order chi connectivity index (χ0) is 25.6. The number of alkyl halides is 1. The standard InChI is InChI=1S/C31H41ClO3Si/c1-30(2,3)36(4,5)35-27-13-9-10-23(18-27)29(34-15-14-33-26-11-7-6-8-12-26)28-24-16-22-17-25(28)21-31(32,19-22)20-24/h6-13,18,22,24-25H,14-17,19-21H2,1-5H3. The number of rotatable bonds is 8. The fraction of sp³-hybridized carbons (Fsp3) is 0.548. The fourth-order valence-corrected chi connectivity index (χ4v) is 7.98. The highest BCUT2D eigenvalue weighted by atomic mass is 35.5. The van der Waals surface area contributed by atoms with Crippen molar-refractivity contribution in [3.05, 3.63) is 65.7 Å². The van der Waals surface area contributed by atoms with Gasteiger partial charge in [-0.3, -0.25) is 0 Å². The van der Waals surface area contributed by atoms with Gasteiger partial charge in [0.25, 0.3) is 0 Å². The maximum absolute atomic E-state index is 7.08. The van der Waals surface area contributed by atoms with Crippen LogP contribution in [0, 0.1) is 17.8 Å². The Morgan fingerprint density at radius 2 is 1.58 bits per heavy atom. The van der Waals surface area contributed by atoms with Crippen LogP contribution >= 0.6 is 11.6 Å². The molecule has 0 heterocycles. The minimum atomic E-state index is -1.94. The molecule has 2 unspecified atom stereocenters. The highest BCUT2D eigenvalue weighted by molar-refractivity contribution is 6.74. The van der Waals surface area contributed by atoms with Crippen LogP contribution in [0.1, 0.15) is 58.4 Å². The van der Waals surface area contributed by atoms with Crippen LogP contribution in [0.2, 0.25) is 18.1 Å². The number of hydrogen-bond donors (Lipinski definition) is 0. The summed E-state index contributed by atoms with van der Waals surface area (Å²) in [6.45, 7) is 12.5. The molecule has 4 saturated carbocycles. The number of benzene rings is 2. The zero-order valence-corrected chi connectivity index (χ0v) is 24.2. The molecule has 3 nitrogen and oxygen atoms in total. The highest BCUT2D eigenvalue weighted by Crippen LogP contribution is 2.61. The lowest BCUT2D eigenvalue weighted by Crippen LogP contribution is -2.49. The summed E-state index contributed by atoms with van der Waals surface area (Å²) in [5.74, 6) is 4.66. The number of allylic oxidation sites excluding steroid dienone is 1. The van der Waals surface area contributed by atoms with E-state index < -0.39 is 8.32 Å². The molecule has 4 bridgehead atoms. The Morgan fingerprint density at radius 3 is 2.22 bits per heavy atom. The average molecular weight is 525 g/mol. The first-order chi connectivity index (χ1) is 17.0. The van der Waals surface area contributed by atoms with Gasteiger partial charge < -0.3 is 13.9 Å². The minimum absolute atomic E-state index is 0.00514. The monoisotopic (exact) mass is 524 g/mol. The van der Waals surface area contributed by atoms with Crippen molar-refractivity contribution in [2.75, 3.05) is 13.2 Å². The van der Waals surface area contributed by atoms with E-state index in [0.717, 1.165) is 41.6 Å². The number of hydrogen-bond acceptors (Lipinski definition) is 3. The molecule has 4 fully saturated rings. The third-order valence-corrected chi connectivity index (χ3v) is 13.7. The molecule has 0 aliphatic heterocycles. The SMILES string of the molecule is CC(C)(C)[Si](C)(C)Oc1cccc(C(OCCOc2ccccc2)=C2C3CC4CC2CC(Cl)(C4)C3)c1. The summed E-state index contributed by atoms with van der Waals surface area (Å²) in [5.41, 5.74) is 2.61. The Balaban J connectivity index is 1.43. The molecular formula is C31H41ClO3Si. The van der Waals surface area contributed by atoms with Gasteiger partial charge in [0.1, 0.15) is 30.5 Å². The van der Waals surface area contributed by atoms with Gasteiger partial charge in [-0.2, -0.15) is 0 Å². The van der Waals surface area contributed by atoms with E-state index in [2.05, 4.69) is 58.1 Å². The lowest BCUT2D eigenvalue weighted by molar-refractivity contribution is 0.0820. The van der Waals surface area contributed by atoms with E-state index in [1.807, 2.05) is 30.3 Å². The molecule has 0 spiro atoms. The van der Waals surface area contributed by atoms with Crippen molar-refractivity contribution in [2.24, 2.45) is 17.8 Å². The highest BCUT2D eigenvalue weighted by Gasteiger charge is 2.53. The van der Waals surface area contributed by atoms with Gasteiger partial charge in [-0.05, 0) is 97.8 Å². The molecule has 0 amide bonds. The molecule has 6 rings (SSSR count). The van der Waals surface area contributed by atoms with Gasteiger partial charge >= 0.3 is 0 Å². The Kier molecular flexibility index (Phi) is 6.97. The van der Waals surface area contributed by atoms with Gasteiger partial charge in [0.2, 0.25) is 8.32 Å². The van der Waals surface area contributed by atoms with E-state index in [0.29, 0.717) is 25.0 Å². The predicted molar refractivity (Wildman–Crippen MR) is 151 cm³/mol. The Bertz CT molecular complexity index is 1090. The van der Waals surface area contributed by atoms with E-state index in [-0.39, 0.29) is 9.91 Å². The lowest BCUT2D eigenvalue weighted by Gasteiger charge is -2.55. The Morgan fingerprint density at radius 1 is 0.917 bits per heavy atom. The second-order valence-electron chi connectivity index (χ2n) is 12.7. The molecule has 0 radical (unpaired) electrons. The van der Waals surface area contributed by atoms with E-state index in [9.17, 15) is 0 Å². The van der Waals surface area contributed by atoms with Crippen molar-refractivity contribution >= 4 is 25.7 Å². The summed E-state index contributed by atoms with van der Waals surface area (Å²) < 4.78 is 19.3. The van der Waals surface area contributed by atoms with Crippen LogP contribution in [-0.4, -0.2) is 26.4 Å². The van der Waals surface area contributed by atoms with Crippen LogP contribution in [0.5, 0.6) is 11.5 Å². The minimum Gasteiger partial charge on any atom is -0.543 e. The Labute approximate surface area is 223 Å². The van der Waals surface area contributed by atoms with Crippen LogP contribution < -0.4 is 9.16 Å². The Hall–Kier alpha value is -1.91. The first kappa shape index (κ1) is 25.7. The fourth-order valence-electron chi connectivity index (χ4n) is 6.36. The third-order valence-electron chi connectivity index (χ3n) is 8.87. The summed E-state index contributed by atoms with van der Waals surface area (Å²) in [4.78, 5) is -0.00514. The summed E-state index contributed by atoms with van der Waals surface area (Å²) in [5, 5.41) is 0.145. The van der Waals surface area contributed by atoms with E-state index in [4.69, 9.17) is 25.5 Å². The van der Waals surface area contributed by atoms with Crippen LogP contribution in [-0.2, 0) is 4.74 Å². The first-order valence-electron chi connectivity index (χ1n) is 13.6. The van der Waals surface area contributed by atoms with Crippen LogP contribution in [0.25, 0.3) is 5.76 Å². The van der Waals surface area contributed by atoms with Gasteiger partial charge in [0.05, 0.1) is 0 Å². The number of ether oxygens (including phenoxy) is 2. The second-order valence-corrected chi connectivity index (χ2v) is 18.2. The second kappa shape index (κ2) is 9.76. The van der Waals surface area contributed by atoms with E-state index >= 15 is 0 Å². The summed E-state index contributed by atoms with van der Waals surface area (Å²) in [6, 6.07) is 18.5. The predicted octanol–water partition coefficient (Wildman–Crippen LogP) is 8.69. The molecule has 2 aromatic rings. The lowest BCUT2D eigenvalue weighted by atomic mass is 9.53. The molecule has 2 aromatic carbocycles. The van der Waals surface area contributed by atoms with Crippen molar-refractivity contribution in [3.8, 4) is 11.5 Å². The van der Waals surface area contributed by atoms with Crippen molar-refractivity contribution in [2.45, 2.75) is 75.9 Å². The summed E-state index contributed by atoms with van der Waals surface area (Å²) in [7, 11) is -1.94. The van der Waals surface area contributed by atoms with Crippen molar-refractivity contribution < 1.29 is 13.9 Å². The maximum Gasteiger partial charge on any atom is 0.250 e. The largest absolute Gasteiger partial charge is 0.543 e. The molecule has 194 valence electrons. The summed E-state index contributed by atoms with van der Waals surface area (Å²) in [6.07, 6.45) is 5.82. The maximum atomic E-state index is 7.08. The average Bonchev–Trinajstić information content (AvgIpc) is 2.79. The molecule has 0 saturated heterocycles. The van der Waals surface area contributed by atoms with Gasteiger partial charge in [0.15, 0.2) is 0 Å². The quantitative estimate of drug-likeness (QED) is 0.149. The first-order valence-corrected chi connectivity index (χ1v) is 16.8. The smallest absolute Gasteiger partial charge is 0.250 e. The van der Waals surface area contributed by atoms with E-state index in [1.165, 1.54) is 24.8 Å². The molecule has 2 atom stereocenters. The molecule has 5 heteroatoms. The van der Waals surface area contributed by atoms with Crippen molar-refractivity contribution in [3.63, 3.8) is 0 Å². The molecule has 0 N–H and O–H groups in total.